The Labute approximate surface area is 505 Å². The Balaban J connectivity index is 0.000000436. The van der Waals surface area contributed by atoms with Crippen molar-refractivity contribution in [2.75, 3.05) is 109 Å². The third-order valence-corrected chi connectivity index (χ3v) is 12.9. The van der Waals surface area contributed by atoms with Crippen LogP contribution in [-0.4, -0.2) is 174 Å². The number of benzene rings is 2. The Morgan fingerprint density at radius 3 is 1.31 bits per heavy atom. The van der Waals surface area contributed by atoms with E-state index in [0.717, 1.165) is 24.2 Å². The van der Waals surface area contributed by atoms with E-state index in [9.17, 15) is 24.0 Å². The van der Waals surface area contributed by atoms with Crippen molar-refractivity contribution in [1.29, 1.82) is 0 Å². The average Bonchev–Trinajstić information content (AvgIpc) is 2.85. The Kier molecular flexibility index (Phi) is 28.5. The molecule has 23 heteroatoms. The van der Waals surface area contributed by atoms with Crippen LogP contribution in [0.1, 0.15) is 130 Å². The van der Waals surface area contributed by atoms with Crippen molar-refractivity contribution in [3.63, 3.8) is 0 Å². The number of carbonyl (C=O) groups is 5. The fourth-order valence-electron chi connectivity index (χ4n) is 8.82. The highest BCUT2D eigenvalue weighted by Gasteiger charge is 2.31. The van der Waals surface area contributed by atoms with Crippen LogP contribution in [0.15, 0.2) is 60.9 Å². The van der Waals surface area contributed by atoms with Crippen LogP contribution in [0.5, 0.6) is 11.5 Å². The van der Waals surface area contributed by atoms with Gasteiger partial charge in [-0.2, -0.15) is 9.97 Å². The molecule has 2 fully saturated rings. The molecule has 2 aliphatic rings. The zero-order valence-electron chi connectivity index (χ0n) is 51.5. The first-order valence-corrected chi connectivity index (χ1v) is 28.9. The van der Waals surface area contributed by atoms with E-state index in [4.69, 9.17) is 38.4 Å². The van der Waals surface area contributed by atoms with Gasteiger partial charge in [0.25, 0.3) is 0 Å². The molecule has 2 saturated heterocycles. The number of amides is 3. The molecule has 0 aliphatic carbocycles. The summed E-state index contributed by atoms with van der Waals surface area (Å²) >= 11 is 0. The SMILES string of the molecule is C.C.CCN(CC)c1ncc(N(C(C)=O)C(C)C)c(N[C@@H](Cc2ccc(OC(=O)N3CCOCC3)cc2)C(=O)OC(C)(C)C)n1.CCN(CC)c1ncc(NC(C)C)c(N[C@@H](Cc2ccc(OC(=O)N3CCOCC3)cc2)C(=O)OC(C)(C)C)n1. The van der Waals surface area contributed by atoms with Crippen LogP contribution >= 0.6 is 0 Å². The highest BCUT2D eigenvalue weighted by molar-refractivity contribution is 5.95. The second-order valence-corrected chi connectivity index (χ2v) is 22.6. The van der Waals surface area contributed by atoms with E-state index in [0.29, 0.717) is 119 Å². The minimum absolute atomic E-state index is 0. The quantitative estimate of drug-likeness (QED) is 0.0620. The maximum absolute atomic E-state index is 13.5. The molecule has 2 aromatic heterocycles. The molecule has 6 rings (SSSR count). The lowest BCUT2D eigenvalue weighted by molar-refractivity contribution is -0.156. The molecule has 0 unspecified atom stereocenters. The average molecular weight is 1190 g/mol. The number of nitrogens with one attached hydrogen (secondary N) is 3. The number of hydrogen-bond donors (Lipinski definition) is 3. The number of morpholine rings is 2. The van der Waals surface area contributed by atoms with Gasteiger partial charge in [-0.05, 0) is 132 Å². The zero-order valence-corrected chi connectivity index (χ0v) is 51.5. The lowest BCUT2D eigenvalue weighted by Gasteiger charge is -2.30. The van der Waals surface area contributed by atoms with Crippen LogP contribution in [-0.2, 0) is 46.2 Å². The molecule has 2 atom stereocenters. The lowest BCUT2D eigenvalue weighted by atomic mass is 10.0. The molecule has 4 aromatic rings. The second-order valence-electron chi connectivity index (χ2n) is 22.6. The number of nitrogens with zero attached hydrogens (tertiary/aromatic N) is 9. The molecule has 3 N–H and O–H groups in total. The predicted molar refractivity (Wildman–Crippen MR) is 335 cm³/mol. The van der Waals surface area contributed by atoms with Gasteiger partial charge in [0.15, 0.2) is 11.6 Å². The van der Waals surface area contributed by atoms with Crippen LogP contribution in [0, 0.1) is 0 Å². The summed E-state index contributed by atoms with van der Waals surface area (Å²) in [5.41, 5.74) is 1.46. The third-order valence-electron chi connectivity index (χ3n) is 12.9. The van der Waals surface area contributed by atoms with Gasteiger partial charge in [-0.25, -0.2) is 29.1 Å². The van der Waals surface area contributed by atoms with Gasteiger partial charge in [-0.1, -0.05) is 39.1 Å². The number of rotatable bonds is 22. The van der Waals surface area contributed by atoms with Gasteiger partial charge in [0.2, 0.25) is 17.8 Å². The summed E-state index contributed by atoms with van der Waals surface area (Å²) in [5, 5.41) is 10.00. The van der Waals surface area contributed by atoms with Gasteiger partial charge < -0.3 is 68.9 Å². The van der Waals surface area contributed by atoms with Crippen LogP contribution in [0.4, 0.5) is 44.5 Å². The first-order valence-electron chi connectivity index (χ1n) is 28.9. The van der Waals surface area contributed by atoms with Crippen LogP contribution < -0.4 is 40.1 Å². The van der Waals surface area contributed by atoms with Crippen molar-refractivity contribution in [3.05, 3.63) is 72.1 Å². The standard InChI is InChI=1S/C31H46N6O6.C29H44N6O5.2CH4/c1-9-35(10-2)29-32-20-26(37(21(3)4)22(5)38)27(34-29)33-25(28(39)43-31(6,7)8)19-23-11-13-24(14-12-23)42-30(40)36-15-17-41-18-16-36;1-8-34(9-2)27-30-19-24(31-20(3)4)25(33-27)32-23(26(36)40-29(5,6)7)18-21-10-12-22(13-11-21)39-28(37)35-14-16-38-17-15-35;;/h11-14,20-21,25H,9-10,15-19H2,1-8H3,(H,32,33,34);10-13,19-20,23,31H,8-9,14-18H2,1-7H3,(H,30,32,33);2*1H4/t25-;23-;;/m00../s1. The normalized spacial score (nSPS) is 14.0. The third kappa shape index (κ3) is 22.8. The van der Waals surface area contributed by atoms with Crippen molar-refractivity contribution in [3.8, 4) is 11.5 Å². The van der Waals surface area contributed by atoms with Gasteiger partial charge in [0.1, 0.15) is 40.5 Å². The van der Waals surface area contributed by atoms with E-state index in [1.54, 1.807) is 63.5 Å². The van der Waals surface area contributed by atoms with Crippen LogP contribution in [0.3, 0.4) is 0 Å². The maximum Gasteiger partial charge on any atom is 0.415 e. The molecule has 2 aliphatic heterocycles. The highest BCUT2D eigenvalue weighted by Crippen LogP contribution is 2.30. The fourth-order valence-corrected chi connectivity index (χ4v) is 8.82. The zero-order chi connectivity index (χ0) is 61.0. The van der Waals surface area contributed by atoms with Gasteiger partial charge >= 0.3 is 24.1 Å². The number of carbonyl (C=O) groups excluding carboxylic acids is 5. The van der Waals surface area contributed by atoms with Gasteiger partial charge in [-0.3, -0.25) is 4.79 Å². The number of ether oxygens (including phenoxy) is 6. The summed E-state index contributed by atoms with van der Waals surface area (Å²) in [6.45, 7) is 35.3. The summed E-state index contributed by atoms with van der Waals surface area (Å²) in [7, 11) is 0. The molecule has 0 saturated carbocycles. The number of esters is 2. The minimum Gasteiger partial charge on any atom is -0.458 e. The Hall–Kier alpha value is -7.53. The molecule has 0 radical (unpaired) electrons. The lowest BCUT2D eigenvalue weighted by Crippen LogP contribution is -2.42. The monoisotopic (exact) mass is 1190 g/mol. The van der Waals surface area contributed by atoms with Crippen molar-refractivity contribution < 1.29 is 52.4 Å². The van der Waals surface area contributed by atoms with E-state index in [-0.39, 0.29) is 39.3 Å². The van der Waals surface area contributed by atoms with E-state index in [1.807, 2.05) is 119 Å². The first-order chi connectivity index (χ1) is 39.3. The van der Waals surface area contributed by atoms with Gasteiger partial charge in [-0.15, -0.1) is 0 Å². The summed E-state index contributed by atoms with van der Waals surface area (Å²) < 4.78 is 33.2. The Morgan fingerprint density at radius 2 is 0.953 bits per heavy atom. The maximum atomic E-state index is 13.5. The smallest absolute Gasteiger partial charge is 0.415 e. The van der Waals surface area contributed by atoms with Crippen molar-refractivity contribution >= 4 is 64.9 Å². The summed E-state index contributed by atoms with van der Waals surface area (Å²) in [4.78, 5) is 92.0. The second kappa shape index (κ2) is 33.8. The van der Waals surface area contributed by atoms with E-state index >= 15 is 0 Å². The van der Waals surface area contributed by atoms with E-state index in [1.165, 1.54) is 6.92 Å². The van der Waals surface area contributed by atoms with Crippen LogP contribution in [0.25, 0.3) is 0 Å². The molecular weight excluding hydrogens is 1090 g/mol. The van der Waals surface area contributed by atoms with E-state index < -0.39 is 47.4 Å². The molecule has 2 aromatic carbocycles. The minimum atomic E-state index is -0.847. The molecule has 23 nitrogen and oxygen atoms in total. The van der Waals surface area contributed by atoms with Gasteiger partial charge in [0, 0.05) is 84.2 Å². The molecular formula is C62H98N12O11. The molecule has 0 spiro atoms. The van der Waals surface area contributed by atoms with Crippen LogP contribution in [0.2, 0.25) is 0 Å². The molecule has 4 heterocycles. The van der Waals surface area contributed by atoms with Crippen molar-refractivity contribution in [2.45, 2.75) is 167 Å². The first kappa shape index (κ1) is 71.7. The van der Waals surface area contributed by atoms with Gasteiger partial charge in [0.05, 0.1) is 44.5 Å². The topological polar surface area (TPSA) is 245 Å². The molecule has 85 heavy (non-hydrogen) atoms. The highest BCUT2D eigenvalue weighted by atomic mass is 16.6. The number of anilines is 6. The van der Waals surface area contributed by atoms with E-state index in [2.05, 4.69) is 25.9 Å². The number of hydrogen-bond acceptors (Lipinski definition) is 20. The van der Waals surface area contributed by atoms with Crippen molar-refractivity contribution in [2.24, 2.45) is 0 Å². The molecule has 0 bridgehead atoms. The number of aromatic nitrogens is 4. The van der Waals surface area contributed by atoms with Crippen molar-refractivity contribution in [1.82, 2.24) is 29.7 Å². The summed E-state index contributed by atoms with van der Waals surface area (Å²) in [6.07, 6.45) is 3.12. The molecule has 472 valence electrons. The summed E-state index contributed by atoms with van der Waals surface area (Å²) in [6, 6.07) is 12.5. The fraction of sp³-hybridized carbons (Fsp3) is 0.597. The predicted octanol–water partition coefficient (Wildman–Crippen LogP) is 9.89. The Bertz CT molecular complexity index is 2720. The summed E-state index contributed by atoms with van der Waals surface area (Å²) in [5.74, 6) is 1.74. The molecule has 3 amide bonds. The Morgan fingerprint density at radius 1 is 0.576 bits per heavy atom. The largest absolute Gasteiger partial charge is 0.458 e.